The van der Waals surface area contributed by atoms with Crippen LogP contribution < -0.4 is 11.1 Å². The van der Waals surface area contributed by atoms with E-state index in [1.54, 1.807) is 42.4 Å². The maximum Gasteiger partial charge on any atom is 0.435 e. The first kappa shape index (κ1) is 40.0. The number of piperidine rings is 1. The van der Waals surface area contributed by atoms with E-state index in [1.165, 1.54) is 42.1 Å². The van der Waals surface area contributed by atoms with Crippen molar-refractivity contribution < 1.29 is 37.1 Å². The van der Waals surface area contributed by atoms with Crippen LogP contribution in [0.1, 0.15) is 65.8 Å². The number of rotatable bonds is 6. The molecule has 15 nitrogen and oxygen atoms in total. The van der Waals surface area contributed by atoms with Crippen LogP contribution >= 0.6 is 11.6 Å². The number of pyridine rings is 1. The molecule has 3 aromatic heterocycles. The molecule has 2 aliphatic rings. The molecule has 0 radical (unpaired) electrons. The number of likely N-dealkylation sites (tertiary alicyclic amines) is 1. The van der Waals surface area contributed by atoms with E-state index >= 15 is 0 Å². The molecule has 5 heterocycles. The minimum atomic E-state index is -4.83. The number of anilines is 2. The van der Waals surface area contributed by atoms with E-state index in [1.807, 2.05) is 0 Å². The third kappa shape index (κ3) is 8.59. The van der Waals surface area contributed by atoms with Crippen molar-refractivity contribution in [1.29, 1.82) is 0 Å². The van der Waals surface area contributed by atoms with E-state index < -0.39 is 23.4 Å². The van der Waals surface area contributed by atoms with Crippen molar-refractivity contribution in [2.24, 2.45) is 13.0 Å². The van der Waals surface area contributed by atoms with Gasteiger partial charge >= 0.3 is 12.3 Å². The van der Waals surface area contributed by atoms with Gasteiger partial charge in [-0.25, -0.2) is 19.4 Å². The molecule has 2 fully saturated rings. The Balaban J connectivity index is 1.06. The first-order valence-electron chi connectivity index (χ1n) is 17.9. The zero-order valence-electron chi connectivity index (χ0n) is 31.5. The van der Waals surface area contributed by atoms with Gasteiger partial charge in [-0.05, 0) is 70.4 Å². The van der Waals surface area contributed by atoms with Crippen molar-refractivity contribution in [3.8, 4) is 17.1 Å². The lowest BCUT2D eigenvalue weighted by Crippen LogP contribution is -2.53. The van der Waals surface area contributed by atoms with Crippen molar-refractivity contribution in [2.45, 2.75) is 52.3 Å². The summed E-state index contributed by atoms with van der Waals surface area (Å²) in [5.74, 6) is -1.37. The Labute approximate surface area is 325 Å². The average molecular weight is 799 g/mol. The third-order valence-electron chi connectivity index (χ3n) is 9.65. The number of amides is 4. The Kier molecular flexibility index (Phi) is 11.1. The maximum atomic E-state index is 14.1. The molecule has 298 valence electrons. The van der Waals surface area contributed by atoms with Gasteiger partial charge in [-0.1, -0.05) is 11.6 Å². The van der Waals surface area contributed by atoms with E-state index in [9.17, 15) is 32.3 Å². The lowest BCUT2D eigenvalue weighted by molar-refractivity contribution is -0.141. The highest BCUT2D eigenvalue weighted by atomic mass is 35.5. The zero-order chi connectivity index (χ0) is 40.7. The number of benzene rings is 1. The Morgan fingerprint density at radius 3 is 2.20 bits per heavy atom. The van der Waals surface area contributed by atoms with E-state index in [4.69, 9.17) is 22.1 Å². The minimum Gasteiger partial charge on any atom is -0.444 e. The second-order valence-corrected chi connectivity index (χ2v) is 15.2. The van der Waals surface area contributed by atoms with Crippen LogP contribution in [0.4, 0.5) is 29.3 Å². The van der Waals surface area contributed by atoms with Gasteiger partial charge in [-0.2, -0.15) is 18.3 Å². The average Bonchev–Trinajstić information content (AvgIpc) is 3.76. The van der Waals surface area contributed by atoms with Gasteiger partial charge < -0.3 is 35.1 Å². The molecule has 0 atom stereocenters. The number of carbonyl (C=O) groups is 4. The number of nitrogen functional groups attached to an aromatic ring is 1. The highest BCUT2D eigenvalue weighted by molar-refractivity contribution is 6.34. The number of hydrogen-bond donors (Lipinski definition) is 2. The van der Waals surface area contributed by atoms with Gasteiger partial charge in [0, 0.05) is 64.1 Å². The summed E-state index contributed by atoms with van der Waals surface area (Å²) in [6.07, 6.45) is -0.524. The van der Waals surface area contributed by atoms with Crippen LogP contribution in [0.25, 0.3) is 17.1 Å². The van der Waals surface area contributed by atoms with Crippen LogP contribution in [0.15, 0.2) is 42.9 Å². The fraction of sp³-hybridized carbons (Fsp3) is 0.432. The second-order valence-electron chi connectivity index (χ2n) is 14.8. The molecule has 0 unspecified atom stereocenters. The molecule has 3 N–H and O–H groups in total. The highest BCUT2D eigenvalue weighted by Gasteiger charge is 2.39. The topological polar surface area (TPSA) is 174 Å². The fourth-order valence-corrected chi connectivity index (χ4v) is 6.84. The molecule has 56 heavy (non-hydrogen) atoms. The van der Waals surface area contributed by atoms with Crippen LogP contribution in [-0.2, 0) is 22.8 Å². The molecule has 2 saturated heterocycles. The van der Waals surface area contributed by atoms with E-state index in [-0.39, 0.29) is 63.0 Å². The van der Waals surface area contributed by atoms with Crippen molar-refractivity contribution in [3.05, 3.63) is 70.5 Å². The number of aryl methyl sites for hydroxylation is 1. The summed E-state index contributed by atoms with van der Waals surface area (Å²) >= 11 is 6.52. The minimum absolute atomic E-state index is 0.000276. The lowest BCUT2D eigenvalue weighted by Gasteiger charge is -2.38. The Bertz CT molecular complexity index is 2160. The summed E-state index contributed by atoms with van der Waals surface area (Å²) in [5.41, 5.74) is 5.08. The first-order valence-corrected chi connectivity index (χ1v) is 18.3. The van der Waals surface area contributed by atoms with Crippen LogP contribution in [-0.4, -0.2) is 108 Å². The predicted octanol–water partition coefficient (Wildman–Crippen LogP) is 5.41. The molecule has 4 aromatic rings. The molecular weight excluding hydrogens is 757 g/mol. The SMILES string of the molecule is Cc1cc(-n2cc(-c3cnc(C(=O)Nc4ccc(C(=O)N5CCN(C(=O)C6CCN(C(=O)OC(C)(C)C)CC6)CC5)c(Cl)c4)n3C)c(C(F)(F)F)n2)ncc1N. The number of carbonyl (C=O) groups excluding carboxylic acids is 4. The molecule has 0 spiro atoms. The van der Waals surface area contributed by atoms with Crippen molar-refractivity contribution in [2.75, 3.05) is 50.3 Å². The largest absolute Gasteiger partial charge is 0.444 e. The van der Waals surface area contributed by atoms with Gasteiger partial charge in [0.05, 0.1) is 39.9 Å². The normalized spacial score (nSPS) is 15.6. The van der Waals surface area contributed by atoms with Gasteiger partial charge in [0.1, 0.15) is 5.60 Å². The van der Waals surface area contributed by atoms with Gasteiger partial charge in [0.15, 0.2) is 17.3 Å². The third-order valence-corrected chi connectivity index (χ3v) is 9.97. The van der Waals surface area contributed by atoms with Crippen molar-refractivity contribution in [1.82, 2.24) is 39.0 Å². The van der Waals surface area contributed by atoms with Crippen LogP contribution in [0.3, 0.4) is 0 Å². The smallest absolute Gasteiger partial charge is 0.435 e. The van der Waals surface area contributed by atoms with E-state index in [0.717, 1.165) is 17.1 Å². The van der Waals surface area contributed by atoms with Gasteiger partial charge in [0.25, 0.3) is 11.8 Å². The van der Waals surface area contributed by atoms with Gasteiger partial charge in [-0.15, -0.1) is 0 Å². The molecule has 2 aliphatic heterocycles. The van der Waals surface area contributed by atoms with Crippen LogP contribution in [0.5, 0.6) is 0 Å². The van der Waals surface area contributed by atoms with E-state index in [0.29, 0.717) is 63.4 Å². The molecule has 1 aromatic carbocycles. The first-order chi connectivity index (χ1) is 26.3. The number of imidazole rings is 1. The molecular formula is C37H42ClF3N10O5. The monoisotopic (exact) mass is 798 g/mol. The molecule has 0 aliphatic carbocycles. The summed E-state index contributed by atoms with van der Waals surface area (Å²) in [5, 5.41) is 6.45. The number of alkyl halides is 3. The Morgan fingerprint density at radius 1 is 0.929 bits per heavy atom. The molecule has 4 amide bonds. The van der Waals surface area contributed by atoms with Crippen molar-refractivity contribution in [3.63, 3.8) is 0 Å². The number of halogens is 4. The summed E-state index contributed by atoms with van der Waals surface area (Å²) in [4.78, 5) is 65.6. The predicted molar refractivity (Wildman–Crippen MR) is 200 cm³/mol. The fourth-order valence-electron chi connectivity index (χ4n) is 6.58. The molecule has 19 heteroatoms. The standard InChI is InChI=1S/C37H42ClF3N10O5/c1-21-16-29(43-18-27(21)42)51-20-25(30(46-51)37(39,40)41)28-19-44-31(47(28)5)32(52)45-23-6-7-24(26(38)17-23)34(54)49-14-12-48(13-15-49)33(53)22-8-10-50(11-9-22)35(55)56-36(2,3)4/h6-7,16-20,22H,8-15,42H2,1-5H3,(H,45,52). The number of ether oxygens (including phenoxy) is 1. The molecule has 6 rings (SSSR count). The highest BCUT2D eigenvalue weighted by Crippen LogP contribution is 2.37. The number of hydrogen-bond acceptors (Lipinski definition) is 9. The lowest BCUT2D eigenvalue weighted by atomic mass is 9.95. The molecule has 0 saturated carbocycles. The number of aromatic nitrogens is 5. The van der Waals surface area contributed by atoms with E-state index in [2.05, 4.69) is 20.4 Å². The van der Waals surface area contributed by atoms with Crippen molar-refractivity contribution >= 4 is 46.8 Å². The summed E-state index contributed by atoms with van der Waals surface area (Å²) in [7, 11) is 1.40. The summed E-state index contributed by atoms with van der Waals surface area (Å²) in [6, 6.07) is 5.85. The zero-order valence-corrected chi connectivity index (χ0v) is 32.2. The quantitative estimate of drug-likeness (QED) is 0.259. The number of nitrogens with two attached hydrogens (primary N) is 1. The summed E-state index contributed by atoms with van der Waals surface area (Å²) < 4.78 is 50.0. The van der Waals surface area contributed by atoms with Gasteiger partial charge in [0.2, 0.25) is 5.91 Å². The maximum absolute atomic E-state index is 14.1. The number of nitrogens with zero attached hydrogens (tertiary/aromatic N) is 8. The number of nitrogens with one attached hydrogen (secondary N) is 1. The Hall–Kier alpha value is -5.65. The summed E-state index contributed by atoms with van der Waals surface area (Å²) in [6.45, 7) is 9.25. The number of piperazine rings is 1. The second kappa shape index (κ2) is 15.5. The van der Waals surface area contributed by atoms with Gasteiger partial charge in [-0.3, -0.25) is 14.4 Å². The van der Waals surface area contributed by atoms with Crippen LogP contribution in [0, 0.1) is 12.8 Å². The molecule has 0 bridgehead atoms. The Morgan fingerprint density at radius 2 is 1.59 bits per heavy atom. The van der Waals surface area contributed by atoms with Crippen LogP contribution in [0.2, 0.25) is 5.02 Å².